The molecular formula is C24H18O2S. The van der Waals surface area contributed by atoms with Gasteiger partial charge in [0.2, 0.25) is 0 Å². The van der Waals surface area contributed by atoms with E-state index in [0.29, 0.717) is 5.75 Å². The average Bonchev–Trinajstić information content (AvgIpc) is 2.71. The molecule has 0 aliphatic carbocycles. The lowest BCUT2D eigenvalue weighted by Crippen LogP contribution is -2.12. The van der Waals surface area contributed by atoms with Crippen LogP contribution in [-0.4, -0.2) is 12.2 Å². The Morgan fingerprint density at radius 2 is 1.56 bits per heavy atom. The molecule has 0 saturated heterocycles. The van der Waals surface area contributed by atoms with Crippen molar-refractivity contribution < 1.29 is 9.84 Å². The van der Waals surface area contributed by atoms with E-state index in [0.717, 1.165) is 27.2 Å². The molecule has 4 aromatic rings. The Morgan fingerprint density at radius 3 is 2.44 bits per heavy atom. The quantitative estimate of drug-likeness (QED) is 0.401. The van der Waals surface area contributed by atoms with Gasteiger partial charge in [-0.15, -0.1) is 0 Å². The monoisotopic (exact) mass is 370 g/mol. The summed E-state index contributed by atoms with van der Waals surface area (Å²) >= 11 is 1.71. The van der Waals surface area contributed by atoms with Gasteiger partial charge in [0.25, 0.3) is 0 Å². The summed E-state index contributed by atoms with van der Waals surface area (Å²) in [7, 11) is 1.71. The minimum atomic E-state index is -0.0836. The van der Waals surface area contributed by atoms with Gasteiger partial charge in [-0.2, -0.15) is 0 Å². The molecule has 1 aliphatic heterocycles. The second-order valence-electron chi connectivity index (χ2n) is 6.66. The second-order valence-corrected chi connectivity index (χ2v) is 7.75. The topological polar surface area (TPSA) is 29.5 Å². The third kappa shape index (κ3) is 2.50. The highest BCUT2D eigenvalue weighted by Crippen LogP contribution is 2.54. The predicted octanol–water partition coefficient (Wildman–Crippen LogP) is 6.20. The number of ether oxygens (including phenoxy) is 1. The first-order valence-corrected chi connectivity index (χ1v) is 9.74. The summed E-state index contributed by atoms with van der Waals surface area (Å²) in [4.78, 5) is 2.31. The van der Waals surface area contributed by atoms with Gasteiger partial charge in [0.15, 0.2) is 0 Å². The van der Waals surface area contributed by atoms with Gasteiger partial charge < -0.3 is 9.84 Å². The molecule has 27 heavy (non-hydrogen) atoms. The van der Waals surface area contributed by atoms with E-state index >= 15 is 0 Å². The van der Waals surface area contributed by atoms with Gasteiger partial charge in [-0.1, -0.05) is 66.4 Å². The summed E-state index contributed by atoms with van der Waals surface area (Å²) in [5.41, 5.74) is 3.26. The Kier molecular flexibility index (Phi) is 3.83. The van der Waals surface area contributed by atoms with Crippen molar-refractivity contribution in [2.45, 2.75) is 15.7 Å². The fourth-order valence-electron chi connectivity index (χ4n) is 4.05. The van der Waals surface area contributed by atoms with Gasteiger partial charge >= 0.3 is 0 Å². The van der Waals surface area contributed by atoms with Crippen LogP contribution >= 0.6 is 11.8 Å². The number of rotatable bonds is 2. The number of phenols is 1. The van der Waals surface area contributed by atoms with E-state index in [1.165, 1.54) is 15.8 Å². The Morgan fingerprint density at radius 1 is 0.778 bits per heavy atom. The largest absolute Gasteiger partial charge is 0.508 e. The molecule has 1 aliphatic rings. The summed E-state index contributed by atoms with van der Waals surface area (Å²) in [6.07, 6.45) is 0. The van der Waals surface area contributed by atoms with Crippen molar-refractivity contribution in [1.29, 1.82) is 0 Å². The number of methoxy groups -OCH3 is 1. The highest BCUT2D eigenvalue weighted by molar-refractivity contribution is 7.99. The molecule has 1 N–H and O–H groups in total. The molecule has 0 aromatic heterocycles. The molecule has 1 atom stereocenters. The van der Waals surface area contributed by atoms with Crippen LogP contribution in [0.15, 0.2) is 88.7 Å². The van der Waals surface area contributed by atoms with E-state index in [9.17, 15) is 5.11 Å². The summed E-state index contributed by atoms with van der Waals surface area (Å²) in [6, 6.07) is 26.7. The Bertz CT molecular complexity index is 1170. The first-order valence-electron chi connectivity index (χ1n) is 8.92. The number of hydrogen-bond donors (Lipinski definition) is 1. The molecule has 1 heterocycles. The summed E-state index contributed by atoms with van der Waals surface area (Å²) in [5.74, 6) is 1.09. The van der Waals surface area contributed by atoms with Crippen molar-refractivity contribution in [2.75, 3.05) is 7.11 Å². The van der Waals surface area contributed by atoms with Crippen LogP contribution in [0.4, 0.5) is 0 Å². The molecule has 0 bridgehead atoms. The van der Waals surface area contributed by atoms with Crippen LogP contribution in [0, 0.1) is 0 Å². The fraction of sp³-hybridized carbons (Fsp3) is 0.0833. The molecule has 0 amide bonds. The number of benzene rings is 4. The third-order valence-corrected chi connectivity index (χ3v) is 6.39. The molecule has 5 rings (SSSR count). The van der Waals surface area contributed by atoms with Crippen molar-refractivity contribution in [3.8, 4) is 11.5 Å². The molecule has 132 valence electrons. The normalized spacial score (nSPS) is 15.2. The SMILES string of the molecule is COc1ccc2ccccc2c1C1c2ccccc2Sc2cccc(O)c21. The first kappa shape index (κ1) is 16.3. The van der Waals surface area contributed by atoms with E-state index in [1.54, 1.807) is 24.9 Å². The van der Waals surface area contributed by atoms with Crippen LogP contribution in [0.2, 0.25) is 0 Å². The van der Waals surface area contributed by atoms with Crippen molar-refractivity contribution in [3.63, 3.8) is 0 Å². The zero-order chi connectivity index (χ0) is 18.4. The maximum atomic E-state index is 10.8. The lowest BCUT2D eigenvalue weighted by molar-refractivity contribution is 0.408. The van der Waals surface area contributed by atoms with E-state index in [2.05, 4.69) is 60.7 Å². The van der Waals surface area contributed by atoms with E-state index in [-0.39, 0.29) is 5.92 Å². The van der Waals surface area contributed by atoms with Gasteiger partial charge in [0.05, 0.1) is 7.11 Å². The molecule has 0 saturated carbocycles. The first-order chi connectivity index (χ1) is 13.3. The van der Waals surface area contributed by atoms with E-state index in [1.807, 2.05) is 12.1 Å². The van der Waals surface area contributed by atoms with Crippen LogP contribution in [0.5, 0.6) is 11.5 Å². The molecule has 1 unspecified atom stereocenters. The molecule has 0 fully saturated rings. The highest BCUT2D eigenvalue weighted by atomic mass is 32.2. The Balaban J connectivity index is 1.91. The lowest BCUT2D eigenvalue weighted by atomic mass is 9.81. The highest BCUT2D eigenvalue weighted by Gasteiger charge is 2.32. The van der Waals surface area contributed by atoms with Gasteiger partial charge in [-0.3, -0.25) is 0 Å². The standard InChI is InChI=1S/C24H18O2S/c1-26-19-14-13-15-7-2-3-8-16(15)22(19)23-17-9-4-5-11-20(17)27-21-12-6-10-18(25)24(21)23/h2-14,23,25H,1H3. The van der Waals surface area contributed by atoms with Crippen molar-refractivity contribution in [2.24, 2.45) is 0 Å². The molecule has 4 aromatic carbocycles. The number of hydrogen-bond acceptors (Lipinski definition) is 3. The third-order valence-electron chi connectivity index (χ3n) is 5.22. The van der Waals surface area contributed by atoms with Crippen molar-refractivity contribution in [1.82, 2.24) is 0 Å². The van der Waals surface area contributed by atoms with Crippen LogP contribution < -0.4 is 4.74 Å². The van der Waals surface area contributed by atoms with Gasteiger partial charge in [-0.25, -0.2) is 0 Å². The molecule has 0 radical (unpaired) electrons. The van der Waals surface area contributed by atoms with Gasteiger partial charge in [-0.05, 0) is 40.6 Å². The fourth-order valence-corrected chi connectivity index (χ4v) is 5.21. The summed E-state index contributed by atoms with van der Waals surface area (Å²) in [6.45, 7) is 0. The van der Waals surface area contributed by atoms with Crippen molar-refractivity contribution in [3.05, 3.63) is 95.6 Å². The van der Waals surface area contributed by atoms with Gasteiger partial charge in [0.1, 0.15) is 11.5 Å². The zero-order valence-electron chi connectivity index (χ0n) is 14.8. The molecule has 2 nitrogen and oxygen atoms in total. The maximum absolute atomic E-state index is 10.8. The number of fused-ring (bicyclic) bond motifs is 3. The molecule has 3 heteroatoms. The predicted molar refractivity (Wildman–Crippen MR) is 110 cm³/mol. The van der Waals surface area contributed by atoms with Gasteiger partial charge in [0, 0.05) is 26.8 Å². The van der Waals surface area contributed by atoms with Crippen LogP contribution in [0.1, 0.15) is 22.6 Å². The minimum absolute atomic E-state index is 0.0836. The smallest absolute Gasteiger partial charge is 0.123 e. The minimum Gasteiger partial charge on any atom is -0.508 e. The maximum Gasteiger partial charge on any atom is 0.123 e. The van der Waals surface area contributed by atoms with Crippen LogP contribution in [-0.2, 0) is 0 Å². The second kappa shape index (κ2) is 6.36. The molecular weight excluding hydrogens is 352 g/mol. The lowest BCUT2D eigenvalue weighted by Gasteiger charge is -2.30. The Labute approximate surface area is 162 Å². The van der Waals surface area contributed by atoms with E-state index in [4.69, 9.17) is 4.74 Å². The van der Waals surface area contributed by atoms with Crippen molar-refractivity contribution >= 4 is 22.5 Å². The van der Waals surface area contributed by atoms with Crippen LogP contribution in [0.25, 0.3) is 10.8 Å². The Hall–Kier alpha value is -2.91. The average molecular weight is 370 g/mol. The van der Waals surface area contributed by atoms with E-state index < -0.39 is 0 Å². The zero-order valence-corrected chi connectivity index (χ0v) is 15.7. The number of phenolic OH excluding ortho intramolecular Hbond substituents is 1. The number of aromatic hydroxyl groups is 1. The summed E-state index contributed by atoms with van der Waals surface area (Å²) < 4.78 is 5.79. The summed E-state index contributed by atoms with van der Waals surface area (Å²) in [5, 5.41) is 13.1. The molecule has 0 spiro atoms. The van der Waals surface area contributed by atoms with Crippen LogP contribution in [0.3, 0.4) is 0 Å².